The van der Waals surface area contributed by atoms with Gasteiger partial charge < -0.3 is 14.6 Å². The Labute approximate surface area is 164 Å². The summed E-state index contributed by atoms with van der Waals surface area (Å²) in [5.74, 6) is 0.947. The number of hydrogen-bond acceptors (Lipinski definition) is 5. The third-order valence-electron chi connectivity index (χ3n) is 5.42. The molecule has 2 aromatic heterocycles. The zero-order valence-corrected chi connectivity index (χ0v) is 17.1. The lowest BCUT2D eigenvalue weighted by atomic mass is 9.88. The maximum absolute atomic E-state index is 12.6. The van der Waals surface area contributed by atoms with Crippen molar-refractivity contribution in [1.82, 2.24) is 19.8 Å². The van der Waals surface area contributed by atoms with E-state index in [4.69, 9.17) is 4.74 Å². The van der Waals surface area contributed by atoms with Crippen molar-refractivity contribution in [2.75, 3.05) is 13.1 Å². The lowest BCUT2D eigenvalue weighted by Gasteiger charge is -2.45. The molecular weight excluding hydrogens is 360 g/mol. The molecule has 0 radical (unpaired) electrons. The highest BCUT2D eigenvalue weighted by molar-refractivity contribution is 7.11. The number of likely N-dealkylation sites (tertiary alicyclic amines) is 1. The number of ether oxygens (including phenoxy) is 1. The number of nitrogens with zero attached hydrogens (tertiary/aromatic N) is 3. The molecule has 1 N–H and O–H groups in total. The summed E-state index contributed by atoms with van der Waals surface area (Å²) in [5, 5.41) is 2.99. The Morgan fingerprint density at radius 2 is 2.19 bits per heavy atom. The van der Waals surface area contributed by atoms with Gasteiger partial charge in [-0.05, 0) is 45.7 Å². The summed E-state index contributed by atoms with van der Waals surface area (Å²) in [6, 6.07) is 4.52. The molecule has 0 saturated carbocycles. The zero-order valence-electron chi connectivity index (χ0n) is 16.3. The minimum atomic E-state index is -0.458. The van der Waals surface area contributed by atoms with E-state index in [1.54, 1.807) is 0 Å². The molecule has 0 aliphatic carbocycles. The van der Waals surface area contributed by atoms with Crippen LogP contribution in [-0.2, 0) is 28.2 Å². The number of imidazole rings is 1. The molecule has 1 unspecified atom stereocenters. The smallest absolute Gasteiger partial charge is 0.251 e. The Hall–Kier alpha value is -1.70. The normalized spacial score (nSPS) is 22.1. The summed E-state index contributed by atoms with van der Waals surface area (Å²) in [7, 11) is 0. The highest BCUT2D eigenvalue weighted by Gasteiger charge is 2.47. The van der Waals surface area contributed by atoms with Gasteiger partial charge in [0, 0.05) is 47.8 Å². The minimum Gasteiger partial charge on any atom is -0.352 e. The van der Waals surface area contributed by atoms with Crippen molar-refractivity contribution in [1.29, 1.82) is 0 Å². The van der Waals surface area contributed by atoms with Crippen LogP contribution in [0, 0.1) is 6.92 Å². The number of aromatic nitrogens is 2. The molecule has 1 fully saturated rings. The Bertz CT molecular complexity index is 805. The fourth-order valence-corrected chi connectivity index (χ4v) is 5.05. The van der Waals surface area contributed by atoms with Crippen LogP contribution in [-0.4, -0.2) is 45.6 Å². The molecule has 2 aliphatic rings. The fraction of sp³-hybridized carbons (Fsp3) is 0.600. The van der Waals surface area contributed by atoms with Gasteiger partial charge in [-0.2, -0.15) is 0 Å². The topological polar surface area (TPSA) is 59.4 Å². The van der Waals surface area contributed by atoms with E-state index in [1.807, 2.05) is 37.6 Å². The Morgan fingerprint density at radius 3 is 2.85 bits per heavy atom. The molecule has 2 aliphatic heterocycles. The summed E-state index contributed by atoms with van der Waals surface area (Å²) in [4.78, 5) is 22.4. The van der Waals surface area contributed by atoms with E-state index in [9.17, 15) is 4.79 Å². The molecule has 2 aromatic rings. The molecule has 1 saturated heterocycles. The van der Waals surface area contributed by atoms with Gasteiger partial charge in [0.15, 0.2) is 6.10 Å². The molecule has 1 atom stereocenters. The van der Waals surface area contributed by atoms with E-state index < -0.39 is 11.7 Å². The van der Waals surface area contributed by atoms with Crippen molar-refractivity contribution in [3.8, 4) is 0 Å². The maximum atomic E-state index is 12.6. The second kappa shape index (κ2) is 7.37. The van der Waals surface area contributed by atoms with E-state index in [2.05, 4.69) is 38.8 Å². The highest BCUT2D eigenvalue weighted by Crippen LogP contribution is 2.40. The number of hydrogen-bond donors (Lipinski definition) is 1. The predicted molar refractivity (Wildman–Crippen MR) is 106 cm³/mol. The minimum absolute atomic E-state index is 0.0276. The highest BCUT2D eigenvalue weighted by atomic mass is 32.1. The standard InChI is InChI=1S/C20H28N4O2S/c1-14(2)22-18(25)17-13-24-11-8-21-19(24)20(26-17)6-9-23(10-7-20)12-16-5-4-15(3)27-16/h4-5,8,11,14,17H,6-7,9-10,12-13H2,1-3H3,(H,22,25). The van der Waals surface area contributed by atoms with Crippen molar-refractivity contribution in [2.24, 2.45) is 0 Å². The van der Waals surface area contributed by atoms with E-state index in [0.717, 1.165) is 38.3 Å². The Balaban J connectivity index is 1.48. The second-order valence-electron chi connectivity index (χ2n) is 7.96. The number of thiophene rings is 1. The molecule has 1 amide bonds. The first-order chi connectivity index (χ1) is 12.9. The number of carbonyl (C=O) groups excluding carboxylic acids is 1. The van der Waals surface area contributed by atoms with Crippen LogP contribution in [0.3, 0.4) is 0 Å². The van der Waals surface area contributed by atoms with Gasteiger partial charge in [0.2, 0.25) is 0 Å². The Morgan fingerprint density at radius 1 is 1.41 bits per heavy atom. The lowest BCUT2D eigenvalue weighted by molar-refractivity contribution is -0.174. The van der Waals surface area contributed by atoms with Gasteiger partial charge in [-0.1, -0.05) is 0 Å². The number of aryl methyl sites for hydroxylation is 1. The molecule has 4 rings (SSSR count). The van der Waals surface area contributed by atoms with Crippen LogP contribution < -0.4 is 5.32 Å². The van der Waals surface area contributed by atoms with Crippen LogP contribution in [0.1, 0.15) is 42.3 Å². The third kappa shape index (κ3) is 3.81. The molecule has 7 heteroatoms. The quantitative estimate of drug-likeness (QED) is 0.875. The summed E-state index contributed by atoms with van der Waals surface area (Å²) >= 11 is 1.87. The van der Waals surface area contributed by atoms with Gasteiger partial charge in [-0.15, -0.1) is 11.3 Å². The third-order valence-corrected chi connectivity index (χ3v) is 6.40. The van der Waals surface area contributed by atoms with Gasteiger partial charge in [0.05, 0.1) is 6.54 Å². The van der Waals surface area contributed by atoms with Gasteiger partial charge in [-0.3, -0.25) is 9.69 Å². The monoisotopic (exact) mass is 388 g/mol. The molecule has 146 valence electrons. The van der Waals surface area contributed by atoms with Crippen LogP contribution in [0.15, 0.2) is 24.5 Å². The predicted octanol–water partition coefficient (Wildman–Crippen LogP) is 2.67. The van der Waals surface area contributed by atoms with Crippen LogP contribution in [0.2, 0.25) is 0 Å². The molecule has 4 heterocycles. The molecule has 0 aromatic carbocycles. The fourth-order valence-electron chi connectivity index (χ4n) is 4.11. The number of nitrogens with one attached hydrogen (secondary N) is 1. The first-order valence-electron chi connectivity index (χ1n) is 9.73. The number of carbonyl (C=O) groups is 1. The molecular formula is C20H28N4O2S. The largest absolute Gasteiger partial charge is 0.352 e. The first-order valence-corrected chi connectivity index (χ1v) is 10.5. The van der Waals surface area contributed by atoms with Gasteiger partial charge in [0.1, 0.15) is 11.4 Å². The van der Waals surface area contributed by atoms with Crippen molar-refractivity contribution in [3.05, 3.63) is 40.1 Å². The molecule has 1 spiro atoms. The molecule has 0 bridgehead atoms. The maximum Gasteiger partial charge on any atom is 0.251 e. The second-order valence-corrected chi connectivity index (χ2v) is 9.33. The van der Waals surface area contributed by atoms with E-state index in [1.165, 1.54) is 9.75 Å². The van der Waals surface area contributed by atoms with Crippen molar-refractivity contribution in [2.45, 2.75) is 64.4 Å². The van der Waals surface area contributed by atoms with Crippen molar-refractivity contribution in [3.63, 3.8) is 0 Å². The first kappa shape index (κ1) is 18.7. The van der Waals surface area contributed by atoms with Crippen LogP contribution >= 0.6 is 11.3 Å². The zero-order chi connectivity index (χ0) is 19.0. The average molecular weight is 389 g/mol. The summed E-state index contributed by atoms with van der Waals surface area (Å²) < 4.78 is 8.55. The van der Waals surface area contributed by atoms with Crippen LogP contribution in [0.4, 0.5) is 0 Å². The van der Waals surface area contributed by atoms with Gasteiger partial charge >= 0.3 is 0 Å². The molecule has 27 heavy (non-hydrogen) atoms. The number of amides is 1. The van der Waals surface area contributed by atoms with E-state index in [0.29, 0.717) is 6.54 Å². The van der Waals surface area contributed by atoms with Crippen molar-refractivity contribution < 1.29 is 9.53 Å². The summed E-state index contributed by atoms with van der Waals surface area (Å²) in [6.45, 7) is 9.52. The van der Waals surface area contributed by atoms with Crippen molar-refractivity contribution >= 4 is 17.2 Å². The number of rotatable bonds is 4. The SMILES string of the molecule is Cc1ccc(CN2CCC3(CC2)OC(C(=O)NC(C)C)Cn2ccnc23)s1. The van der Waals surface area contributed by atoms with Crippen LogP contribution in [0.5, 0.6) is 0 Å². The lowest BCUT2D eigenvalue weighted by Crippen LogP contribution is -2.54. The van der Waals surface area contributed by atoms with Gasteiger partial charge in [0.25, 0.3) is 5.91 Å². The van der Waals surface area contributed by atoms with Crippen LogP contribution in [0.25, 0.3) is 0 Å². The average Bonchev–Trinajstić information content (AvgIpc) is 3.26. The van der Waals surface area contributed by atoms with E-state index >= 15 is 0 Å². The number of fused-ring (bicyclic) bond motifs is 2. The summed E-state index contributed by atoms with van der Waals surface area (Å²) in [5.41, 5.74) is -0.456. The van der Waals surface area contributed by atoms with Gasteiger partial charge in [-0.25, -0.2) is 4.98 Å². The summed E-state index contributed by atoms with van der Waals surface area (Å²) in [6.07, 6.45) is 5.06. The Kier molecular flexibility index (Phi) is 5.09. The number of piperidine rings is 1. The van der Waals surface area contributed by atoms with E-state index in [-0.39, 0.29) is 11.9 Å². The molecule has 6 nitrogen and oxygen atoms in total.